The zero-order valence-electron chi connectivity index (χ0n) is 66.7. The molecule has 0 aliphatic carbocycles. The average molecular weight is 1540 g/mol. The lowest BCUT2D eigenvalue weighted by Gasteiger charge is -2.21. The highest BCUT2D eigenvalue weighted by molar-refractivity contribution is 7.47. The minimum Gasteiger partial charge on any atom is -0.463 e. The van der Waals surface area contributed by atoms with Gasteiger partial charge in [0, 0.05) is 19.3 Å². The standard InChI is InChI=1S/C89H148O16P2/c1-4-7-10-13-16-19-22-25-28-31-34-36-37-38-39-40-41-42-43-44-45-47-50-51-54-57-60-63-66-69-72-75-87(92)99-78-84(90)79-101-106(95,96)102-80-85(91)81-103-107(97,98)104-83-86(105-89(94)77-74-71-68-65-62-59-56-53-48-33-30-27-24-21-18-15-12-9-6-3)82-100-88(93)76-73-70-67-64-61-58-55-52-49-46-35-32-29-26-23-20-17-14-11-8-5-2/h7-8,10-11,16-21,25-30,34-36,38-39,46,48,52-53,55,61,64,84-86,90-91H,4-6,9,12-15,22-24,31-33,37,40-45,47,49-51,54,56-60,62-63,65-83H2,1-3H3,(H,95,96)(H,97,98)/b10-7-,11-8-,19-16-,20-17-,21-18-,28-25-,29-26-,30-27-,36-34-,39-38-,46-35-,53-48-,55-52-,64-61-. The van der Waals surface area contributed by atoms with Gasteiger partial charge in [-0.1, -0.05) is 313 Å². The molecular formula is C89H148O16P2. The van der Waals surface area contributed by atoms with Crippen molar-refractivity contribution in [2.45, 2.75) is 334 Å². The second-order valence-electron chi connectivity index (χ2n) is 27.2. The molecule has 16 nitrogen and oxygen atoms in total. The van der Waals surface area contributed by atoms with Crippen LogP contribution in [-0.4, -0.2) is 95.9 Å². The summed E-state index contributed by atoms with van der Waals surface area (Å²) in [5.74, 6) is -1.64. The van der Waals surface area contributed by atoms with Crippen molar-refractivity contribution < 1.29 is 75.8 Å². The number of phosphoric ester groups is 2. The van der Waals surface area contributed by atoms with E-state index in [1.807, 2.05) is 0 Å². The van der Waals surface area contributed by atoms with E-state index >= 15 is 0 Å². The summed E-state index contributed by atoms with van der Waals surface area (Å²) in [7, 11) is -9.82. The number of carbonyl (C=O) groups is 3. The number of hydrogen-bond donors (Lipinski definition) is 4. The van der Waals surface area contributed by atoms with E-state index in [1.54, 1.807) is 0 Å². The molecule has 0 bridgehead atoms. The lowest BCUT2D eigenvalue weighted by atomic mass is 10.0. The van der Waals surface area contributed by atoms with Crippen LogP contribution in [0.15, 0.2) is 170 Å². The second-order valence-corrected chi connectivity index (χ2v) is 30.1. The Balaban J connectivity index is 4.60. The Bertz CT molecular complexity index is 2620. The second kappa shape index (κ2) is 80.4. The van der Waals surface area contributed by atoms with E-state index in [1.165, 1.54) is 96.3 Å². The number of carbonyl (C=O) groups excluding carboxylic acids is 3. The van der Waals surface area contributed by atoms with Crippen molar-refractivity contribution in [3.05, 3.63) is 170 Å². The Hall–Kier alpha value is -5.09. The molecule has 5 atom stereocenters. The molecule has 5 unspecified atom stereocenters. The summed E-state index contributed by atoms with van der Waals surface area (Å²) in [5.41, 5.74) is 0. The van der Waals surface area contributed by atoms with Crippen LogP contribution < -0.4 is 0 Å². The van der Waals surface area contributed by atoms with Crippen molar-refractivity contribution >= 4 is 33.6 Å². The number of rotatable bonds is 77. The van der Waals surface area contributed by atoms with Crippen LogP contribution in [0, 0.1) is 0 Å². The van der Waals surface area contributed by atoms with Crippen LogP contribution in [0.4, 0.5) is 0 Å². The zero-order valence-corrected chi connectivity index (χ0v) is 68.5. The van der Waals surface area contributed by atoms with E-state index in [2.05, 4.69) is 191 Å². The van der Waals surface area contributed by atoms with Crippen molar-refractivity contribution in [3.8, 4) is 0 Å². The number of esters is 3. The van der Waals surface area contributed by atoms with Gasteiger partial charge in [-0.25, -0.2) is 9.13 Å². The van der Waals surface area contributed by atoms with Crippen LogP contribution in [-0.2, 0) is 55.8 Å². The van der Waals surface area contributed by atoms with Crippen LogP contribution in [0.25, 0.3) is 0 Å². The predicted octanol–water partition coefficient (Wildman–Crippen LogP) is 24.8. The fourth-order valence-electron chi connectivity index (χ4n) is 10.7. The molecule has 0 aliphatic rings. The Labute approximate surface area is 650 Å². The van der Waals surface area contributed by atoms with Gasteiger partial charge in [0.05, 0.1) is 26.4 Å². The van der Waals surface area contributed by atoms with Gasteiger partial charge in [0.15, 0.2) is 6.10 Å². The third-order valence-electron chi connectivity index (χ3n) is 16.9. The molecule has 0 saturated heterocycles. The molecule has 0 spiro atoms. The Kier molecular flexibility index (Phi) is 76.6. The smallest absolute Gasteiger partial charge is 0.463 e. The Morgan fingerprint density at radius 3 is 0.804 bits per heavy atom. The van der Waals surface area contributed by atoms with E-state index in [9.17, 15) is 43.5 Å². The molecule has 4 N–H and O–H groups in total. The largest absolute Gasteiger partial charge is 0.472 e. The first-order valence-electron chi connectivity index (χ1n) is 41.4. The number of aliphatic hydroxyl groups is 2. The first-order chi connectivity index (χ1) is 52.2. The molecule has 610 valence electrons. The zero-order chi connectivity index (χ0) is 78.0. The van der Waals surface area contributed by atoms with E-state index in [-0.39, 0.29) is 19.3 Å². The van der Waals surface area contributed by atoms with Crippen molar-refractivity contribution in [2.24, 2.45) is 0 Å². The van der Waals surface area contributed by atoms with Gasteiger partial charge in [0.1, 0.15) is 25.4 Å². The van der Waals surface area contributed by atoms with Crippen molar-refractivity contribution in [1.82, 2.24) is 0 Å². The van der Waals surface area contributed by atoms with E-state index in [4.69, 9.17) is 32.3 Å². The average Bonchev–Trinajstić information content (AvgIpc) is 0.928. The number of phosphoric acid groups is 2. The van der Waals surface area contributed by atoms with Crippen molar-refractivity contribution in [2.75, 3.05) is 39.6 Å². The normalized spacial score (nSPS) is 14.8. The van der Waals surface area contributed by atoms with E-state index < -0.39 is 91.5 Å². The SMILES string of the molecule is CC/C=C\C/C=C\C/C=C\C/C=C\C/C=C\C/C=C\CCCCC(=O)OCC(COP(=O)(O)OCC(O)COP(=O)(O)OCC(O)COC(=O)CCCCCCCCCCCCCCCCC/C=C\C/C=C\C/C=C\C/C=C\C/C=C\CC)OC(=O)CCCCCCCC/C=C\C/C=C\C/C=C\CCCCC. The van der Waals surface area contributed by atoms with Gasteiger partial charge in [0.2, 0.25) is 0 Å². The number of ether oxygens (including phenoxy) is 3. The topological polar surface area (TPSA) is 231 Å². The Morgan fingerprint density at radius 2 is 0.495 bits per heavy atom. The Morgan fingerprint density at radius 1 is 0.271 bits per heavy atom. The lowest BCUT2D eigenvalue weighted by molar-refractivity contribution is -0.161. The molecule has 0 aromatic rings. The molecule has 0 amide bonds. The summed E-state index contributed by atoms with van der Waals surface area (Å²) in [6.45, 7) is 2.36. The van der Waals surface area contributed by atoms with Crippen molar-refractivity contribution in [1.29, 1.82) is 0 Å². The van der Waals surface area contributed by atoms with E-state index in [0.29, 0.717) is 19.3 Å². The summed E-state index contributed by atoms with van der Waals surface area (Å²) in [5, 5.41) is 20.7. The first kappa shape index (κ1) is 102. The van der Waals surface area contributed by atoms with Crippen LogP contribution in [0.5, 0.6) is 0 Å². The first-order valence-corrected chi connectivity index (χ1v) is 44.4. The summed E-state index contributed by atoms with van der Waals surface area (Å²) in [4.78, 5) is 58.8. The maximum absolute atomic E-state index is 13.0. The van der Waals surface area contributed by atoms with Gasteiger partial charge >= 0.3 is 33.6 Å². The molecule has 0 rings (SSSR count). The summed E-state index contributed by atoms with van der Waals surface area (Å²) < 4.78 is 61.2. The number of aliphatic hydroxyl groups excluding tert-OH is 2. The molecular weight excluding hydrogens is 1390 g/mol. The lowest BCUT2D eigenvalue weighted by Crippen LogP contribution is -2.30. The molecule has 0 aromatic carbocycles. The maximum Gasteiger partial charge on any atom is 0.472 e. The van der Waals surface area contributed by atoms with Gasteiger partial charge in [-0.3, -0.25) is 32.5 Å². The third kappa shape index (κ3) is 81.7. The molecule has 0 saturated carbocycles. The van der Waals surface area contributed by atoms with Crippen LogP contribution in [0.1, 0.15) is 316 Å². The summed E-state index contributed by atoms with van der Waals surface area (Å²) >= 11 is 0. The summed E-state index contributed by atoms with van der Waals surface area (Å²) in [6.07, 6.45) is 103. The molecule has 18 heteroatoms. The fourth-order valence-corrected chi connectivity index (χ4v) is 12.3. The number of unbranched alkanes of at least 4 members (excludes halogenated alkanes) is 26. The van der Waals surface area contributed by atoms with Gasteiger partial charge in [-0.05, 0) is 154 Å². The minimum atomic E-state index is -4.95. The molecule has 107 heavy (non-hydrogen) atoms. The van der Waals surface area contributed by atoms with E-state index in [0.717, 1.165) is 161 Å². The number of hydrogen-bond acceptors (Lipinski definition) is 14. The molecule has 0 heterocycles. The minimum absolute atomic E-state index is 0.0747. The highest BCUT2D eigenvalue weighted by atomic mass is 31.2. The van der Waals surface area contributed by atoms with Crippen molar-refractivity contribution in [3.63, 3.8) is 0 Å². The van der Waals surface area contributed by atoms with Crippen LogP contribution >= 0.6 is 15.6 Å². The highest BCUT2D eigenvalue weighted by Crippen LogP contribution is 2.45. The van der Waals surface area contributed by atoms with Crippen LogP contribution in [0.2, 0.25) is 0 Å². The van der Waals surface area contributed by atoms with Crippen LogP contribution in [0.3, 0.4) is 0 Å². The van der Waals surface area contributed by atoms with Gasteiger partial charge < -0.3 is 34.2 Å². The third-order valence-corrected chi connectivity index (χ3v) is 18.8. The van der Waals surface area contributed by atoms with Gasteiger partial charge in [0.25, 0.3) is 0 Å². The number of allylic oxidation sites excluding steroid dienone is 28. The van der Waals surface area contributed by atoms with Gasteiger partial charge in [-0.15, -0.1) is 0 Å². The predicted molar refractivity (Wildman–Crippen MR) is 445 cm³/mol. The molecule has 0 aromatic heterocycles. The molecule has 0 fully saturated rings. The molecule has 0 aliphatic heterocycles. The fraction of sp³-hybridized carbons (Fsp3) is 0.652. The molecule has 0 radical (unpaired) electrons. The summed E-state index contributed by atoms with van der Waals surface area (Å²) in [6, 6.07) is 0. The quantitative estimate of drug-likeness (QED) is 0.0146. The van der Waals surface area contributed by atoms with Gasteiger partial charge in [-0.2, -0.15) is 0 Å². The maximum atomic E-state index is 13.0. The highest BCUT2D eigenvalue weighted by Gasteiger charge is 2.29. The monoisotopic (exact) mass is 1540 g/mol.